The van der Waals surface area contributed by atoms with Crippen molar-refractivity contribution in [3.63, 3.8) is 0 Å². The van der Waals surface area contributed by atoms with E-state index in [0.29, 0.717) is 29.1 Å². The van der Waals surface area contributed by atoms with E-state index in [4.69, 9.17) is 27.6 Å². The third-order valence-electron chi connectivity index (χ3n) is 3.45. The summed E-state index contributed by atoms with van der Waals surface area (Å²) < 4.78 is 5.03. The molecule has 9 heteroatoms. The molecular weight excluding hydrogens is 490 g/mol. The Bertz CT molecular complexity index is 738. The molecule has 1 amide bonds. The summed E-state index contributed by atoms with van der Waals surface area (Å²) in [5, 5.41) is 10.3. The molecule has 3 N–H and O–H groups in total. The Hall–Kier alpha value is -1.45. The van der Waals surface area contributed by atoms with Crippen molar-refractivity contribution in [3.8, 4) is 0 Å². The smallest absolute Gasteiger partial charge is 0.287 e. The average Bonchev–Trinajstić information content (AvgIpc) is 3.11. The first-order valence-corrected chi connectivity index (χ1v) is 8.50. The molecule has 26 heavy (non-hydrogen) atoms. The van der Waals surface area contributed by atoms with Crippen LogP contribution in [-0.4, -0.2) is 32.0 Å². The van der Waals surface area contributed by atoms with E-state index in [1.165, 1.54) is 6.26 Å². The Morgan fingerprint density at radius 1 is 1.23 bits per heavy atom. The average molecular weight is 511 g/mol. The topological polar surface area (TPSA) is 78.7 Å². The molecule has 0 bridgehead atoms. The molecule has 142 valence electrons. The van der Waals surface area contributed by atoms with Gasteiger partial charge < -0.3 is 20.4 Å². The lowest BCUT2D eigenvalue weighted by Crippen LogP contribution is -2.42. The summed E-state index contributed by atoms with van der Waals surface area (Å²) in [6.07, 6.45) is 1.46. The number of rotatable bonds is 6. The van der Waals surface area contributed by atoms with Crippen LogP contribution in [0, 0.1) is 0 Å². The number of furan rings is 1. The number of carbonyl (C=O) groups excluding carboxylic acids is 1. The molecule has 0 aliphatic rings. The van der Waals surface area contributed by atoms with Gasteiger partial charge in [-0.25, -0.2) is 0 Å². The Morgan fingerprint density at radius 3 is 2.58 bits per heavy atom. The van der Waals surface area contributed by atoms with Crippen LogP contribution < -0.4 is 16.0 Å². The van der Waals surface area contributed by atoms with Gasteiger partial charge in [-0.2, -0.15) is 0 Å². The quantitative estimate of drug-likeness (QED) is 0.238. The summed E-state index contributed by atoms with van der Waals surface area (Å²) in [5.41, 5.74) is 0.917. The van der Waals surface area contributed by atoms with E-state index >= 15 is 0 Å². The molecule has 1 atom stereocenters. The highest BCUT2D eigenvalue weighted by Crippen LogP contribution is 2.25. The van der Waals surface area contributed by atoms with Crippen molar-refractivity contribution in [2.24, 2.45) is 4.99 Å². The summed E-state index contributed by atoms with van der Waals surface area (Å²) >= 11 is 12.1. The molecule has 1 unspecified atom stereocenters. The number of benzene rings is 1. The lowest BCUT2D eigenvalue weighted by Gasteiger charge is -2.19. The minimum absolute atomic E-state index is 0. The van der Waals surface area contributed by atoms with Gasteiger partial charge >= 0.3 is 0 Å². The molecule has 2 rings (SSSR count). The monoisotopic (exact) mass is 510 g/mol. The van der Waals surface area contributed by atoms with Crippen LogP contribution >= 0.6 is 47.2 Å². The van der Waals surface area contributed by atoms with E-state index in [9.17, 15) is 4.79 Å². The second-order valence-corrected chi connectivity index (χ2v) is 6.11. The minimum Gasteiger partial charge on any atom is -0.459 e. The van der Waals surface area contributed by atoms with Gasteiger partial charge in [0, 0.05) is 30.2 Å². The van der Waals surface area contributed by atoms with Crippen molar-refractivity contribution >= 4 is 59.0 Å². The van der Waals surface area contributed by atoms with E-state index in [1.54, 1.807) is 31.3 Å². The highest BCUT2D eigenvalue weighted by molar-refractivity contribution is 14.0. The maximum absolute atomic E-state index is 11.7. The standard InChI is InChI=1S/C17H20Cl2N4O2.HI/c1-11(13-6-5-12(18)10-14(13)19)23-17(20-2)22-8-7-21-16(24)15-4-3-9-25-15;/h3-6,9-11H,7-8H2,1-2H3,(H,21,24)(H2,20,22,23);1H. The van der Waals surface area contributed by atoms with E-state index in [2.05, 4.69) is 20.9 Å². The predicted octanol–water partition coefficient (Wildman–Crippen LogP) is 3.86. The van der Waals surface area contributed by atoms with Crippen LogP contribution in [0.2, 0.25) is 10.0 Å². The second-order valence-electron chi connectivity index (χ2n) is 5.26. The number of guanidine groups is 1. The third kappa shape index (κ3) is 6.69. The molecule has 0 radical (unpaired) electrons. The lowest BCUT2D eigenvalue weighted by atomic mass is 10.1. The van der Waals surface area contributed by atoms with Crippen LogP contribution in [0.1, 0.15) is 29.1 Å². The molecule has 0 aliphatic carbocycles. The van der Waals surface area contributed by atoms with Gasteiger partial charge in [-0.05, 0) is 36.8 Å². The molecule has 0 saturated heterocycles. The van der Waals surface area contributed by atoms with Gasteiger partial charge in [-0.15, -0.1) is 24.0 Å². The summed E-state index contributed by atoms with van der Waals surface area (Å²) in [6, 6.07) is 8.59. The first kappa shape index (κ1) is 22.6. The molecule has 1 heterocycles. The Kier molecular flexibility index (Phi) is 9.82. The molecule has 0 spiro atoms. The van der Waals surface area contributed by atoms with Crippen molar-refractivity contribution in [2.75, 3.05) is 20.1 Å². The Labute approximate surface area is 179 Å². The van der Waals surface area contributed by atoms with Gasteiger partial charge in [-0.1, -0.05) is 29.3 Å². The fourth-order valence-corrected chi connectivity index (χ4v) is 2.75. The predicted molar refractivity (Wildman–Crippen MR) is 116 cm³/mol. The molecule has 0 saturated carbocycles. The van der Waals surface area contributed by atoms with Crippen molar-refractivity contribution < 1.29 is 9.21 Å². The molecule has 6 nitrogen and oxygen atoms in total. The molecule has 1 aromatic carbocycles. The second kappa shape index (κ2) is 11.3. The SMILES string of the molecule is CN=C(NCCNC(=O)c1ccco1)NC(C)c1ccc(Cl)cc1Cl.I. The number of nitrogens with zero attached hydrogens (tertiary/aromatic N) is 1. The molecule has 0 aliphatic heterocycles. The molecular formula is C17H21Cl2IN4O2. The highest BCUT2D eigenvalue weighted by Gasteiger charge is 2.12. The number of hydrogen-bond donors (Lipinski definition) is 3. The summed E-state index contributed by atoms with van der Waals surface area (Å²) in [4.78, 5) is 15.9. The van der Waals surface area contributed by atoms with Crippen LogP contribution in [0.4, 0.5) is 0 Å². The largest absolute Gasteiger partial charge is 0.459 e. The maximum atomic E-state index is 11.7. The van der Waals surface area contributed by atoms with Crippen LogP contribution in [0.5, 0.6) is 0 Å². The zero-order valence-corrected chi connectivity index (χ0v) is 18.2. The first-order valence-electron chi connectivity index (χ1n) is 7.75. The Balaban J connectivity index is 0.00000338. The van der Waals surface area contributed by atoms with Crippen LogP contribution in [0.15, 0.2) is 46.0 Å². The lowest BCUT2D eigenvalue weighted by molar-refractivity contribution is 0.0926. The van der Waals surface area contributed by atoms with Gasteiger partial charge in [0.1, 0.15) is 0 Å². The number of aliphatic imine (C=N–C) groups is 1. The summed E-state index contributed by atoms with van der Waals surface area (Å²) in [6.45, 7) is 2.91. The summed E-state index contributed by atoms with van der Waals surface area (Å²) in [5.74, 6) is 0.635. The fraction of sp³-hybridized carbons (Fsp3) is 0.294. The van der Waals surface area contributed by atoms with Gasteiger partial charge in [0.2, 0.25) is 0 Å². The van der Waals surface area contributed by atoms with E-state index in [0.717, 1.165) is 5.56 Å². The van der Waals surface area contributed by atoms with Crippen LogP contribution in [0.3, 0.4) is 0 Å². The minimum atomic E-state index is -0.254. The van der Waals surface area contributed by atoms with Crippen molar-refractivity contribution in [1.29, 1.82) is 0 Å². The zero-order valence-electron chi connectivity index (χ0n) is 14.4. The zero-order chi connectivity index (χ0) is 18.2. The first-order chi connectivity index (χ1) is 12.0. The maximum Gasteiger partial charge on any atom is 0.287 e. The van der Waals surface area contributed by atoms with E-state index in [1.807, 2.05) is 13.0 Å². The van der Waals surface area contributed by atoms with Crippen molar-refractivity contribution in [3.05, 3.63) is 58.0 Å². The van der Waals surface area contributed by atoms with E-state index < -0.39 is 0 Å². The Morgan fingerprint density at radius 2 is 1.96 bits per heavy atom. The number of halogens is 3. The number of nitrogens with one attached hydrogen (secondary N) is 3. The van der Waals surface area contributed by atoms with Crippen LogP contribution in [-0.2, 0) is 0 Å². The number of amides is 1. The fourth-order valence-electron chi connectivity index (χ4n) is 2.18. The number of hydrogen-bond acceptors (Lipinski definition) is 3. The van der Waals surface area contributed by atoms with Gasteiger partial charge in [0.05, 0.1) is 12.3 Å². The van der Waals surface area contributed by atoms with Crippen LogP contribution in [0.25, 0.3) is 0 Å². The van der Waals surface area contributed by atoms with Gasteiger partial charge in [0.15, 0.2) is 11.7 Å². The highest BCUT2D eigenvalue weighted by atomic mass is 127. The molecule has 0 fully saturated rings. The summed E-state index contributed by atoms with van der Waals surface area (Å²) in [7, 11) is 1.67. The van der Waals surface area contributed by atoms with Crippen molar-refractivity contribution in [2.45, 2.75) is 13.0 Å². The molecule has 1 aromatic heterocycles. The molecule has 2 aromatic rings. The van der Waals surface area contributed by atoms with Gasteiger partial charge in [-0.3, -0.25) is 9.79 Å². The normalized spacial score (nSPS) is 12.1. The van der Waals surface area contributed by atoms with E-state index in [-0.39, 0.29) is 41.7 Å². The number of carbonyl (C=O) groups is 1. The van der Waals surface area contributed by atoms with Gasteiger partial charge in [0.25, 0.3) is 5.91 Å². The van der Waals surface area contributed by atoms with Crippen molar-refractivity contribution in [1.82, 2.24) is 16.0 Å². The third-order valence-corrected chi connectivity index (χ3v) is 4.02.